The summed E-state index contributed by atoms with van der Waals surface area (Å²) < 4.78 is 1.65. The molecule has 1 aliphatic rings. The maximum absolute atomic E-state index is 12.2. The van der Waals surface area contributed by atoms with Crippen LogP contribution in [0.15, 0.2) is 36.8 Å². The number of rotatable bonds is 7. The molecular formula is C19H26N6O2. The molecular weight excluding hydrogens is 344 g/mol. The monoisotopic (exact) mass is 370 g/mol. The summed E-state index contributed by atoms with van der Waals surface area (Å²) in [6.07, 6.45) is 7.63. The Morgan fingerprint density at radius 2 is 2.19 bits per heavy atom. The number of nitrogens with one attached hydrogen (secondary N) is 2. The van der Waals surface area contributed by atoms with E-state index < -0.39 is 0 Å². The molecule has 0 aromatic carbocycles. The molecule has 0 radical (unpaired) electrons. The number of piperidine rings is 1. The van der Waals surface area contributed by atoms with Crippen molar-refractivity contribution >= 4 is 17.6 Å². The summed E-state index contributed by atoms with van der Waals surface area (Å²) >= 11 is 0. The first-order chi connectivity index (χ1) is 13.1. The average molecular weight is 370 g/mol. The molecule has 2 N–H and O–H groups in total. The molecule has 0 spiro atoms. The minimum Gasteiger partial charge on any atom is -0.355 e. The fraction of sp³-hybridized carbons (Fsp3) is 0.474. The topological polar surface area (TPSA) is 92.2 Å². The van der Waals surface area contributed by atoms with E-state index in [1.165, 1.54) is 0 Å². The number of carbonyl (C=O) groups is 2. The van der Waals surface area contributed by atoms with Gasteiger partial charge in [-0.05, 0) is 36.9 Å². The van der Waals surface area contributed by atoms with Crippen LogP contribution in [0.5, 0.6) is 0 Å². The number of aromatic nitrogens is 3. The standard InChI is InChI=1S/C19H26N6O2/c1-24-9-6-17(23-24)22-19(27)14-25-8-3-5-16(13-25)12-21-18(26)10-15-4-2-7-20-11-15/h2,4,6-7,9,11,16H,3,5,8,10,12-14H2,1H3,(H,21,26)(H,22,23,27). The SMILES string of the molecule is Cn1ccc(NC(=O)CN2CCCC(CNC(=O)Cc3cccnc3)C2)n1. The zero-order valence-corrected chi connectivity index (χ0v) is 15.6. The van der Waals surface area contributed by atoms with Crippen LogP contribution in [0.2, 0.25) is 0 Å². The fourth-order valence-electron chi connectivity index (χ4n) is 3.34. The van der Waals surface area contributed by atoms with Gasteiger partial charge in [0.1, 0.15) is 0 Å². The normalized spacial score (nSPS) is 17.4. The van der Waals surface area contributed by atoms with Gasteiger partial charge in [0.25, 0.3) is 0 Å². The van der Waals surface area contributed by atoms with Crippen LogP contribution in [0.4, 0.5) is 5.82 Å². The lowest BCUT2D eigenvalue weighted by molar-refractivity contribution is -0.121. The Hall–Kier alpha value is -2.74. The quantitative estimate of drug-likeness (QED) is 0.753. The maximum atomic E-state index is 12.2. The van der Waals surface area contributed by atoms with E-state index >= 15 is 0 Å². The summed E-state index contributed by atoms with van der Waals surface area (Å²) in [5.41, 5.74) is 0.909. The van der Waals surface area contributed by atoms with Crippen LogP contribution in [0.1, 0.15) is 18.4 Å². The molecule has 2 aromatic heterocycles. The molecule has 1 atom stereocenters. The molecule has 27 heavy (non-hydrogen) atoms. The number of anilines is 1. The Morgan fingerprint density at radius 1 is 1.30 bits per heavy atom. The number of likely N-dealkylation sites (tertiary alicyclic amines) is 1. The number of hydrogen-bond donors (Lipinski definition) is 2. The Morgan fingerprint density at radius 3 is 2.93 bits per heavy atom. The van der Waals surface area contributed by atoms with E-state index in [0.29, 0.717) is 31.2 Å². The van der Waals surface area contributed by atoms with Crippen molar-refractivity contribution in [3.05, 3.63) is 42.4 Å². The predicted octanol–water partition coefficient (Wildman–Crippen LogP) is 0.825. The third-order valence-electron chi connectivity index (χ3n) is 4.63. The van der Waals surface area contributed by atoms with Gasteiger partial charge in [-0.3, -0.25) is 24.2 Å². The Labute approximate surface area is 159 Å². The lowest BCUT2D eigenvalue weighted by Gasteiger charge is -2.32. The van der Waals surface area contributed by atoms with E-state index in [4.69, 9.17) is 0 Å². The Kier molecular flexibility index (Phi) is 6.54. The largest absolute Gasteiger partial charge is 0.355 e. The van der Waals surface area contributed by atoms with Crippen molar-refractivity contribution < 1.29 is 9.59 Å². The average Bonchev–Trinajstić information content (AvgIpc) is 3.06. The van der Waals surface area contributed by atoms with Crippen LogP contribution in [-0.2, 0) is 23.1 Å². The van der Waals surface area contributed by atoms with Gasteiger partial charge >= 0.3 is 0 Å². The molecule has 2 amide bonds. The third-order valence-corrected chi connectivity index (χ3v) is 4.63. The van der Waals surface area contributed by atoms with E-state index in [2.05, 4.69) is 25.6 Å². The number of pyridine rings is 1. The van der Waals surface area contributed by atoms with Gasteiger partial charge in [-0.2, -0.15) is 5.10 Å². The highest BCUT2D eigenvalue weighted by Crippen LogP contribution is 2.15. The van der Waals surface area contributed by atoms with Gasteiger partial charge in [0, 0.05) is 44.8 Å². The highest BCUT2D eigenvalue weighted by Gasteiger charge is 2.22. The first-order valence-electron chi connectivity index (χ1n) is 9.26. The fourth-order valence-corrected chi connectivity index (χ4v) is 3.34. The molecule has 3 heterocycles. The summed E-state index contributed by atoms with van der Waals surface area (Å²) in [7, 11) is 1.81. The van der Waals surface area contributed by atoms with Gasteiger partial charge in [0.15, 0.2) is 5.82 Å². The second-order valence-electron chi connectivity index (χ2n) is 7.01. The van der Waals surface area contributed by atoms with Crippen LogP contribution < -0.4 is 10.6 Å². The number of amides is 2. The summed E-state index contributed by atoms with van der Waals surface area (Å²) in [5, 5.41) is 9.98. The van der Waals surface area contributed by atoms with Gasteiger partial charge in [-0.1, -0.05) is 6.07 Å². The van der Waals surface area contributed by atoms with Crippen LogP contribution in [-0.4, -0.2) is 57.7 Å². The highest BCUT2D eigenvalue weighted by molar-refractivity contribution is 5.91. The van der Waals surface area contributed by atoms with E-state index in [1.54, 1.807) is 29.3 Å². The van der Waals surface area contributed by atoms with Gasteiger partial charge in [-0.25, -0.2) is 0 Å². The van der Waals surface area contributed by atoms with Crippen molar-refractivity contribution in [1.82, 2.24) is 25.0 Å². The summed E-state index contributed by atoms with van der Waals surface area (Å²) in [6, 6.07) is 5.50. The predicted molar refractivity (Wildman–Crippen MR) is 102 cm³/mol. The smallest absolute Gasteiger partial charge is 0.239 e. The van der Waals surface area contributed by atoms with Crippen molar-refractivity contribution in [2.24, 2.45) is 13.0 Å². The minimum atomic E-state index is -0.0602. The van der Waals surface area contributed by atoms with Crippen LogP contribution in [0, 0.1) is 5.92 Å². The van der Waals surface area contributed by atoms with Gasteiger partial charge < -0.3 is 10.6 Å². The first kappa shape index (κ1) is 19.0. The molecule has 0 bridgehead atoms. The van der Waals surface area contributed by atoms with Crippen LogP contribution in [0.3, 0.4) is 0 Å². The molecule has 8 heteroatoms. The minimum absolute atomic E-state index is 0.00742. The molecule has 3 rings (SSSR count). The lowest BCUT2D eigenvalue weighted by Crippen LogP contribution is -2.44. The highest BCUT2D eigenvalue weighted by atomic mass is 16.2. The molecule has 1 unspecified atom stereocenters. The molecule has 2 aromatic rings. The van der Waals surface area contributed by atoms with E-state index in [9.17, 15) is 9.59 Å². The van der Waals surface area contributed by atoms with E-state index in [0.717, 1.165) is 31.5 Å². The van der Waals surface area contributed by atoms with Crippen LogP contribution in [0.25, 0.3) is 0 Å². The van der Waals surface area contributed by atoms with Crippen molar-refractivity contribution in [2.75, 3.05) is 31.5 Å². The maximum Gasteiger partial charge on any atom is 0.239 e. The van der Waals surface area contributed by atoms with Crippen molar-refractivity contribution in [1.29, 1.82) is 0 Å². The summed E-state index contributed by atoms with van der Waals surface area (Å²) in [5.74, 6) is 0.876. The number of hydrogen-bond acceptors (Lipinski definition) is 5. The van der Waals surface area contributed by atoms with Gasteiger partial charge in [-0.15, -0.1) is 0 Å². The number of carbonyl (C=O) groups excluding carboxylic acids is 2. The molecule has 0 saturated carbocycles. The van der Waals surface area contributed by atoms with Crippen molar-refractivity contribution in [3.63, 3.8) is 0 Å². The lowest BCUT2D eigenvalue weighted by atomic mass is 9.98. The van der Waals surface area contributed by atoms with Gasteiger partial charge in [0.2, 0.25) is 11.8 Å². The Balaban J connectivity index is 1.39. The first-order valence-corrected chi connectivity index (χ1v) is 9.26. The zero-order valence-electron chi connectivity index (χ0n) is 15.6. The Bertz CT molecular complexity index is 761. The van der Waals surface area contributed by atoms with E-state index in [1.807, 2.05) is 19.2 Å². The second kappa shape index (κ2) is 9.27. The van der Waals surface area contributed by atoms with E-state index in [-0.39, 0.29) is 11.8 Å². The van der Waals surface area contributed by atoms with Gasteiger partial charge in [0.05, 0.1) is 13.0 Å². The summed E-state index contributed by atoms with van der Waals surface area (Å²) in [6.45, 7) is 2.69. The van der Waals surface area contributed by atoms with Crippen molar-refractivity contribution in [2.45, 2.75) is 19.3 Å². The number of nitrogens with zero attached hydrogens (tertiary/aromatic N) is 4. The molecule has 8 nitrogen and oxygen atoms in total. The molecule has 0 aliphatic carbocycles. The number of aryl methyl sites for hydroxylation is 1. The third kappa shape index (κ3) is 6.18. The zero-order chi connectivity index (χ0) is 19.1. The van der Waals surface area contributed by atoms with Crippen molar-refractivity contribution in [3.8, 4) is 0 Å². The second-order valence-corrected chi connectivity index (χ2v) is 7.01. The molecule has 1 fully saturated rings. The molecule has 1 aliphatic heterocycles. The van der Waals surface area contributed by atoms with Crippen LogP contribution >= 0.6 is 0 Å². The summed E-state index contributed by atoms with van der Waals surface area (Å²) in [4.78, 5) is 30.4. The molecule has 144 valence electrons. The molecule has 1 saturated heterocycles.